The molecule has 108 valence electrons. The molecule has 1 aliphatic rings. The van der Waals surface area contributed by atoms with E-state index in [0.717, 1.165) is 0 Å². The minimum atomic E-state index is -0.646. The number of amides is 1. The van der Waals surface area contributed by atoms with Crippen LogP contribution in [0, 0.1) is 5.82 Å². The molecular formula is C15H10Cl2FNO2. The molecule has 0 aromatic heterocycles. The summed E-state index contributed by atoms with van der Waals surface area (Å²) in [6, 6.07) is 10.6. The lowest BCUT2D eigenvalue weighted by atomic mass is 9.96. The van der Waals surface area contributed by atoms with E-state index < -0.39 is 24.1 Å². The van der Waals surface area contributed by atoms with E-state index in [4.69, 9.17) is 27.9 Å². The molecule has 0 bridgehead atoms. The molecule has 0 saturated carbocycles. The van der Waals surface area contributed by atoms with Gasteiger partial charge in [-0.3, -0.25) is 0 Å². The Bertz CT molecular complexity index is 708. The highest BCUT2D eigenvalue weighted by atomic mass is 35.5. The molecule has 3 rings (SSSR count). The van der Waals surface area contributed by atoms with Crippen molar-refractivity contribution in [3.05, 3.63) is 69.5 Å². The maximum Gasteiger partial charge on any atom is 0.408 e. The van der Waals surface area contributed by atoms with Gasteiger partial charge in [0.25, 0.3) is 0 Å². The maximum atomic E-state index is 14.1. The molecule has 1 fully saturated rings. The molecule has 1 saturated heterocycles. The largest absolute Gasteiger partial charge is 0.439 e. The molecular weight excluding hydrogens is 316 g/mol. The highest BCUT2D eigenvalue weighted by Gasteiger charge is 2.37. The molecule has 6 heteroatoms. The van der Waals surface area contributed by atoms with E-state index in [0.29, 0.717) is 21.2 Å². The Kier molecular flexibility index (Phi) is 3.74. The average molecular weight is 326 g/mol. The van der Waals surface area contributed by atoms with Crippen LogP contribution in [0.4, 0.5) is 9.18 Å². The summed E-state index contributed by atoms with van der Waals surface area (Å²) in [7, 11) is 0. The summed E-state index contributed by atoms with van der Waals surface area (Å²) in [5.74, 6) is -0.495. The van der Waals surface area contributed by atoms with Crippen molar-refractivity contribution in [2.75, 3.05) is 0 Å². The monoisotopic (exact) mass is 325 g/mol. The number of halogens is 3. The number of carbonyl (C=O) groups excluding carboxylic acids is 1. The van der Waals surface area contributed by atoms with Gasteiger partial charge in [-0.05, 0) is 29.8 Å². The van der Waals surface area contributed by atoms with Crippen molar-refractivity contribution in [1.82, 2.24) is 5.32 Å². The zero-order valence-corrected chi connectivity index (χ0v) is 12.2. The highest BCUT2D eigenvalue weighted by molar-refractivity contribution is 6.30. The predicted octanol–water partition coefficient (Wildman–Crippen LogP) is 4.65. The van der Waals surface area contributed by atoms with Gasteiger partial charge in [0, 0.05) is 15.6 Å². The molecule has 1 heterocycles. The van der Waals surface area contributed by atoms with Crippen LogP contribution in [-0.4, -0.2) is 6.09 Å². The molecule has 3 nitrogen and oxygen atoms in total. The molecule has 2 aromatic rings. The predicted molar refractivity (Wildman–Crippen MR) is 78.0 cm³/mol. The molecule has 0 radical (unpaired) electrons. The first-order chi connectivity index (χ1) is 10.0. The third-order valence-electron chi connectivity index (χ3n) is 3.28. The second-order valence-electron chi connectivity index (χ2n) is 4.67. The molecule has 21 heavy (non-hydrogen) atoms. The van der Waals surface area contributed by atoms with Gasteiger partial charge in [-0.1, -0.05) is 41.4 Å². The quantitative estimate of drug-likeness (QED) is 0.872. The fraction of sp³-hybridized carbons (Fsp3) is 0.133. The van der Waals surface area contributed by atoms with Gasteiger partial charge in [-0.25, -0.2) is 9.18 Å². The van der Waals surface area contributed by atoms with Gasteiger partial charge in [-0.2, -0.15) is 0 Å². The van der Waals surface area contributed by atoms with Gasteiger partial charge in [0.15, 0.2) is 6.10 Å². The number of benzene rings is 2. The Morgan fingerprint density at radius 3 is 2.57 bits per heavy atom. The van der Waals surface area contributed by atoms with Crippen LogP contribution in [-0.2, 0) is 4.74 Å². The van der Waals surface area contributed by atoms with Crippen LogP contribution >= 0.6 is 23.2 Å². The van der Waals surface area contributed by atoms with E-state index in [2.05, 4.69) is 5.32 Å². The van der Waals surface area contributed by atoms with Crippen molar-refractivity contribution >= 4 is 29.3 Å². The smallest absolute Gasteiger partial charge is 0.408 e. The van der Waals surface area contributed by atoms with Crippen LogP contribution in [0.25, 0.3) is 0 Å². The number of alkyl carbamates (subject to hydrolysis) is 1. The summed E-state index contributed by atoms with van der Waals surface area (Å²) in [4.78, 5) is 11.6. The Labute approximate surface area is 130 Å². The fourth-order valence-electron chi connectivity index (χ4n) is 2.36. The minimum Gasteiger partial charge on any atom is -0.439 e. The summed E-state index contributed by atoms with van der Waals surface area (Å²) >= 11 is 11.7. The van der Waals surface area contributed by atoms with Gasteiger partial charge in [-0.15, -0.1) is 0 Å². The Morgan fingerprint density at radius 2 is 1.86 bits per heavy atom. The van der Waals surface area contributed by atoms with Crippen LogP contribution in [0.5, 0.6) is 0 Å². The molecule has 2 atom stereocenters. The summed E-state index contributed by atoms with van der Waals surface area (Å²) < 4.78 is 19.3. The number of hydrogen-bond acceptors (Lipinski definition) is 2. The average Bonchev–Trinajstić information content (AvgIpc) is 2.80. The molecule has 0 unspecified atom stereocenters. The van der Waals surface area contributed by atoms with Crippen LogP contribution < -0.4 is 5.32 Å². The van der Waals surface area contributed by atoms with Crippen LogP contribution in [0.3, 0.4) is 0 Å². The van der Waals surface area contributed by atoms with Crippen molar-refractivity contribution < 1.29 is 13.9 Å². The Hall–Kier alpha value is -1.78. The van der Waals surface area contributed by atoms with Crippen molar-refractivity contribution in [1.29, 1.82) is 0 Å². The lowest BCUT2D eigenvalue weighted by molar-refractivity contribution is 0.132. The van der Waals surface area contributed by atoms with Gasteiger partial charge in [0.05, 0.1) is 0 Å². The van der Waals surface area contributed by atoms with Gasteiger partial charge >= 0.3 is 6.09 Å². The first-order valence-electron chi connectivity index (χ1n) is 6.22. The minimum absolute atomic E-state index is 0.292. The number of cyclic esters (lactones) is 1. The molecule has 0 spiro atoms. The Balaban J connectivity index is 2.01. The third-order valence-corrected chi connectivity index (χ3v) is 3.76. The first-order valence-corrected chi connectivity index (χ1v) is 6.98. The zero-order chi connectivity index (χ0) is 15.0. The van der Waals surface area contributed by atoms with Gasteiger partial charge < -0.3 is 10.1 Å². The van der Waals surface area contributed by atoms with E-state index in [-0.39, 0.29) is 0 Å². The van der Waals surface area contributed by atoms with Crippen molar-refractivity contribution in [3.63, 3.8) is 0 Å². The third kappa shape index (κ3) is 2.82. The lowest BCUT2D eigenvalue weighted by Gasteiger charge is -2.18. The molecule has 1 amide bonds. The lowest BCUT2D eigenvalue weighted by Crippen LogP contribution is -2.20. The van der Waals surface area contributed by atoms with Gasteiger partial charge in [0.1, 0.15) is 11.9 Å². The summed E-state index contributed by atoms with van der Waals surface area (Å²) in [5, 5.41) is 3.42. The van der Waals surface area contributed by atoms with E-state index in [1.807, 2.05) is 0 Å². The maximum absolute atomic E-state index is 14.1. The normalized spacial score (nSPS) is 21.0. The number of hydrogen-bond donors (Lipinski definition) is 1. The fourth-order valence-corrected chi connectivity index (χ4v) is 2.72. The van der Waals surface area contributed by atoms with Crippen LogP contribution in [0.2, 0.25) is 10.0 Å². The molecule has 1 N–H and O–H groups in total. The Morgan fingerprint density at radius 1 is 1.10 bits per heavy atom. The summed E-state index contributed by atoms with van der Waals surface area (Å²) in [5.41, 5.74) is 1.01. The number of carbonyl (C=O) groups is 1. The SMILES string of the molecule is O=C1N[C@H](c2ccc(Cl)cc2F)[C@@H](c2cccc(Cl)c2)O1. The standard InChI is InChI=1S/C15H10Cl2FNO2/c16-9-3-1-2-8(6-9)14-13(19-15(20)21-14)11-5-4-10(17)7-12(11)18/h1-7,13-14H,(H,19,20)/t13-,14-/m1/s1. The van der Waals surface area contributed by atoms with Gasteiger partial charge in [0.2, 0.25) is 0 Å². The van der Waals surface area contributed by atoms with E-state index in [9.17, 15) is 9.18 Å². The topological polar surface area (TPSA) is 38.3 Å². The second kappa shape index (κ2) is 5.54. The molecule has 0 aliphatic carbocycles. The first kappa shape index (κ1) is 14.2. The zero-order valence-electron chi connectivity index (χ0n) is 10.6. The van der Waals surface area contributed by atoms with Crippen molar-refractivity contribution in [2.45, 2.75) is 12.1 Å². The molecule has 2 aromatic carbocycles. The van der Waals surface area contributed by atoms with E-state index >= 15 is 0 Å². The number of rotatable bonds is 2. The van der Waals surface area contributed by atoms with Crippen molar-refractivity contribution in [3.8, 4) is 0 Å². The highest BCUT2D eigenvalue weighted by Crippen LogP contribution is 2.38. The van der Waals surface area contributed by atoms with E-state index in [1.54, 1.807) is 30.3 Å². The van der Waals surface area contributed by atoms with Crippen LogP contribution in [0.15, 0.2) is 42.5 Å². The number of ether oxygens (including phenoxy) is 1. The molecule has 1 aliphatic heterocycles. The second-order valence-corrected chi connectivity index (χ2v) is 5.54. The van der Waals surface area contributed by atoms with E-state index in [1.165, 1.54) is 12.1 Å². The number of nitrogens with one attached hydrogen (secondary N) is 1. The van der Waals surface area contributed by atoms with Crippen LogP contribution in [0.1, 0.15) is 23.3 Å². The van der Waals surface area contributed by atoms with Crippen molar-refractivity contribution in [2.24, 2.45) is 0 Å². The summed E-state index contributed by atoms with van der Waals surface area (Å²) in [6.07, 6.45) is -1.24. The summed E-state index contributed by atoms with van der Waals surface area (Å²) in [6.45, 7) is 0.